The summed E-state index contributed by atoms with van der Waals surface area (Å²) in [4.78, 5) is 21.2. The predicted octanol–water partition coefficient (Wildman–Crippen LogP) is 4.91. The lowest BCUT2D eigenvalue weighted by Crippen LogP contribution is -2.11. The lowest BCUT2D eigenvalue weighted by Gasteiger charge is -2.12. The van der Waals surface area contributed by atoms with Gasteiger partial charge in [-0.15, -0.1) is 0 Å². The number of alkyl halides is 2. The number of hydrogen-bond acceptors (Lipinski definition) is 5. The molecule has 1 aromatic carbocycles. The fraction of sp³-hybridized carbons (Fsp3) is 0.375. The van der Waals surface area contributed by atoms with Crippen molar-refractivity contribution in [1.29, 1.82) is 0 Å². The van der Waals surface area contributed by atoms with Gasteiger partial charge in [-0.2, -0.15) is 8.78 Å². The Balaban J connectivity index is 1.75. The lowest BCUT2D eigenvalue weighted by molar-refractivity contribution is 0.0130. The molecule has 0 N–H and O–H groups in total. The van der Waals surface area contributed by atoms with Crippen molar-refractivity contribution in [2.75, 3.05) is 14.2 Å². The Labute approximate surface area is 188 Å². The second-order valence-electron chi connectivity index (χ2n) is 8.61. The van der Waals surface area contributed by atoms with Crippen molar-refractivity contribution >= 4 is 28.0 Å². The molecule has 7 nitrogen and oxygen atoms in total. The van der Waals surface area contributed by atoms with Gasteiger partial charge in [0.1, 0.15) is 22.6 Å². The Morgan fingerprint density at radius 3 is 2.58 bits per heavy atom. The molecule has 1 fully saturated rings. The number of halogens is 2. The van der Waals surface area contributed by atoms with Crippen molar-refractivity contribution in [2.24, 2.45) is 13.0 Å². The van der Waals surface area contributed by atoms with Gasteiger partial charge in [-0.1, -0.05) is 0 Å². The summed E-state index contributed by atoms with van der Waals surface area (Å²) < 4.78 is 42.3. The van der Waals surface area contributed by atoms with Crippen LogP contribution >= 0.6 is 0 Å². The van der Waals surface area contributed by atoms with Crippen molar-refractivity contribution < 1.29 is 23.0 Å². The van der Waals surface area contributed by atoms with Crippen LogP contribution in [-0.2, 0) is 24.3 Å². The van der Waals surface area contributed by atoms with Gasteiger partial charge in [0, 0.05) is 25.9 Å². The molecule has 1 aliphatic carbocycles. The normalized spacial score (nSPS) is 14.2. The summed E-state index contributed by atoms with van der Waals surface area (Å²) >= 11 is 0. The SMILES string of the molecule is COC(=O)c1cc(OC)c2c(c1)nc(-c1cc3ccc(C(C)(F)F)nc3n1CC1CC1)n2C. The minimum atomic E-state index is -3.03. The van der Waals surface area contributed by atoms with Crippen LogP contribution in [0.2, 0.25) is 0 Å². The summed E-state index contributed by atoms with van der Waals surface area (Å²) in [5.41, 5.74) is 2.67. The van der Waals surface area contributed by atoms with Crippen LogP contribution in [0.5, 0.6) is 5.75 Å². The molecule has 4 aromatic rings. The second kappa shape index (κ2) is 7.54. The molecule has 0 bridgehead atoms. The zero-order valence-electron chi connectivity index (χ0n) is 18.9. The number of esters is 1. The summed E-state index contributed by atoms with van der Waals surface area (Å²) in [6, 6.07) is 8.26. The number of fused-ring (bicyclic) bond motifs is 2. The van der Waals surface area contributed by atoms with Gasteiger partial charge in [-0.3, -0.25) is 0 Å². The first-order chi connectivity index (χ1) is 15.7. The molecule has 0 unspecified atom stereocenters. The van der Waals surface area contributed by atoms with Crippen molar-refractivity contribution in [1.82, 2.24) is 19.1 Å². The van der Waals surface area contributed by atoms with Crippen molar-refractivity contribution in [3.63, 3.8) is 0 Å². The molecule has 3 aromatic heterocycles. The number of benzene rings is 1. The number of imidazole rings is 1. The number of aromatic nitrogens is 4. The van der Waals surface area contributed by atoms with E-state index in [-0.39, 0.29) is 5.69 Å². The largest absolute Gasteiger partial charge is 0.494 e. The molecule has 0 radical (unpaired) electrons. The zero-order valence-corrected chi connectivity index (χ0v) is 18.9. The quantitative estimate of drug-likeness (QED) is 0.387. The van der Waals surface area contributed by atoms with E-state index in [1.165, 1.54) is 20.3 Å². The van der Waals surface area contributed by atoms with Crippen LogP contribution < -0.4 is 4.74 Å². The second-order valence-corrected chi connectivity index (χ2v) is 8.61. The topological polar surface area (TPSA) is 71.2 Å². The number of aryl methyl sites for hydroxylation is 1. The molecule has 33 heavy (non-hydrogen) atoms. The molecule has 3 heterocycles. The number of carbonyl (C=O) groups excluding carboxylic acids is 1. The summed E-state index contributed by atoms with van der Waals surface area (Å²) in [5.74, 6) is -1.90. The Morgan fingerprint density at radius 1 is 1.18 bits per heavy atom. The Kier molecular flexibility index (Phi) is 4.88. The highest BCUT2D eigenvalue weighted by atomic mass is 19.3. The third-order valence-electron chi connectivity index (χ3n) is 6.14. The van der Waals surface area contributed by atoms with Gasteiger partial charge in [0.2, 0.25) is 0 Å². The Bertz CT molecular complexity index is 1400. The van der Waals surface area contributed by atoms with Gasteiger partial charge in [0.15, 0.2) is 5.82 Å². The highest BCUT2D eigenvalue weighted by Gasteiger charge is 2.30. The fourth-order valence-corrected chi connectivity index (χ4v) is 4.23. The van der Waals surface area contributed by atoms with Gasteiger partial charge in [0.05, 0.1) is 31.0 Å². The van der Waals surface area contributed by atoms with Crippen LogP contribution in [0.15, 0.2) is 30.3 Å². The third kappa shape index (κ3) is 3.61. The standard InChI is InChI=1S/C24H24F2N4O3/c1-24(25,26)19-8-7-14-10-17(30(21(14)28-19)12-13-5-6-13)22-27-16-9-15(23(31)33-4)11-18(32-3)20(16)29(22)2/h7-11,13H,5-6,12H2,1-4H3. The summed E-state index contributed by atoms with van der Waals surface area (Å²) in [7, 11) is 4.71. The predicted molar refractivity (Wildman–Crippen MR) is 120 cm³/mol. The van der Waals surface area contributed by atoms with E-state index < -0.39 is 11.9 Å². The third-order valence-corrected chi connectivity index (χ3v) is 6.14. The summed E-state index contributed by atoms with van der Waals surface area (Å²) in [5, 5.41) is 0.771. The van der Waals surface area contributed by atoms with Crippen molar-refractivity contribution in [3.8, 4) is 17.3 Å². The Morgan fingerprint density at radius 2 is 1.94 bits per heavy atom. The smallest absolute Gasteiger partial charge is 0.338 e. The van der Waals surface area contributed by atoms with E-state index in [4.69, 9.17) is 14.5 Å². The van der Waals surface area contributed by atoms with Crippen LogP contribution in [0, 0.1) is 5.92 Å². The molecule has 0 spiro atoms. The summed E-state index contributed by atoms with van der Waals surface area (Å²) in [6.07, 6.45) is 2.20. The van der Waals surface area contributed by atoms with Crippen LogP contribution in [0.4, 0.5) is 8.78 Å². The minimum absolute atomic E-state index is 0.258. The number of rotatable bonds is 6. The van der Waals surface area contributed by atoms with Crippen molar-refractivity contribution in [2.45, 2.75) is 32.2 Å². The van der Waals surface area contributed by atoms with Gasteiger partial charge in [-0.05, 0) is 49.1 Å². The lowest BCUT2D eigenvalue weighted by atomic mass is 10.2. The van der Waals surface area contributed by atoms with Gasteiger partial charge >= 0.3 is 5.97 Å². The minimum Gasteiger partial charge on any atom is -0.494 e. The average Bonchev–Trinajstić information content (AvgIpc) is 3.46. The molecule has 0 atom stereocenters. The summed E-state index contributed by atoms with van der Waals surface area (Å²) in [6.45, 7) is 1.53. The monoisotopic (exact) mass is 454 g/mol. The number of pyridine rings is 1. The van der Waals surface area contributed by atoms with E-state index in [1.54, 1.807) is 18.2 Å². The first kappa shape index (κ1) is 21.4. The van der Waals surface area contributed by atoms with Crippen LogP contribution in [0.1, 0.15) is 35.8 Å². The molecular formula is C24H24F2N4O3. The molecule has 0 saturated heterocycles. The van der Waals surface area contributed by atoms with E-state index >= 15 is 0 Å². The first-order valence-corrected chi connectivity index (χ1v) is 10.7. The molecule has 1 aliphatic rings. The number of methoxy groups -OCH3 is 2. The highest BCUT2D eigenvalue weighted by Crippen LogP contribution is 2.38. The average molecular weight is 454 g/mol. The molecule has 9 heteroatoms. The van der Waals surface area contributed by atoms with E-state index in [9.17, 15) is 13.6 Å². The highest BCUT2D eigenvalue weighted by molar-refractivity contribution is 5.97. The van der Waals surface area contributed by atoms with Crippen molar-refractivity contribution in [3.05, 3.63) is 41.6 Å². The molecule has 0 amide bonds. The number of nitrogens with zero attached hydrogens (tertiary/aromatic N) is 4. The van der Waals surface area contributed by atoms with E-state index in [0.717, 1.165) is 36.4 Å². The molecule has 1 saturated carbocycles. The molecule has 0 aliphatic heterocycles. The zero-order chi connectivity index (χ0) is 23.5. The molecule has 5 rings (SSSR count). The van der Waals surface area contributed by atoms with Crippen LogP contribution in [0.3, 0.4) is 0 Å². The maximum atomic E-state index is 14.0. The van der Waals surface area contributed by atoms with Gasteiger partial charge in [-0.25, -0.2) is 14.8 Å². The van der Waals surface area contributed by atoms with Crippen LogP contribution in [0.25, 0.3) is 33.6 Å². The maximum Gasteiger partial charge on any atom is 0.338 e. The fourth-order valence-electron chi connectivity index (χ4n) is 4.23. The molecule has 172 valence electrons. The van der Waals surface area contributed by atoms with Gasteiger partial charge in [0.25, 0.3) is 5.92 Å². The number of hydrogen-bond donors (Lipinski definition) is 0. The number of ether oxygens (including phenoxy) is 2. The molecular weight excluding hydrogens is 430 g/mol. The van der Waals surface area contributed by atoms with E-state index in [0.29, 0.717) is 40.8 Å². The Hall–Kier alpha value is -3.49. The van der Waals surface area contributed by atoms with Gasteiger partial charge < -0.3 is 18.6 Å². The first-order valence-electron chi connectivity index (χ1n) is 10.7. The van der Waals surface area contributed by atoms with E-state index in [2.05, 4.69) is 4.98 Å². The maximum absolute atomic E-state index is 14.0. The van der Waals surface area contributed by atoms with Crippen LogP contribution in [-0.4, -0.2) is 39.3 Å². The number of carbonyl (C=O) groups is 1. The van der Waals surface area contributed by atoms with E-state index in [1.807, 2.05) is 22.2 Å².